The van der Waals surface area contributed by atoms with E-state index < -0.39 is 11.0 Å². The molecular formula is C16H17N3O4S2. The second kappa shape index (κ2) is 7.40. The number of benzene rings is 1. The maximum atomic E-state index is 12.5. The van der Waals surface area contributed by atoms with Gasteiger partial charge in [0, 0.05) is 29.3 Å². The number of ether oxygens (including phenoxy) is 1. The Morgan fingerprint density at radius 3 is 2.80 bits per heavy atom. The lowest BCUT2D eigenvalue weighted by Crippen LogP contribution is -2.32. The van der Waals surface area contributed by atoms with Crippen molar-refractivity contribution in [1.29, 1.82) is 0 Å². The number of nitro groups is 1. The molecular weight excluding hydrogens is 362 g/mol. The molecule has 0 spiro atoms. The Morgan fingerprint density at radius 2 is 2.20 bits per heavy atom. The van der Waals surface area contributed by atoms with Crippen molar-refractivity contribution >= 4 is 35.7 Å². The molecule has 2 aromatic rings. The lowest BCUT2D eigenvalue weighted by Gasteiger charge is -2.22. The van der Waals surface area contributed by atoms with Gasteiger partial charge in [0.2, 0.25) is 0 Å². The number of nitrogens with zero attached hydrogens (tertiary/aromatic N) is 3. The van der Waals surface area contributed by atoms with Crippen LogP contribution in [0.15, 0.2) is 29.6 Å². The number of likely N-dealkylation sites (tertiary alicyclic amines) is 1. The number of hydrogen-bond donors (Lipinski definition) is 1. The van der Waals surface area contributed by atoms with Gasteiger partial charge in [-0.2, -0.15) is 12.6 Å². The third-order valence-corrected chi connectivity index (χ3v) is 5.17. The molecule has 9 heteroatoms. The van der Waals surface area contributed by atoms with Gasteiger partial charge >= 0.3 is 6.09 Å². The third-order valence-electron chi connectivity index (χ3n) is 4.00. The van der Waals surface area contributed by atoms with E-state index in [0.717, 1.165) is 17.1 Å². The van der Waals surface area contributed by atoms with E-state index in [1.54, 1.807) is 28.4 Å². The number of thiol groups is 1. The minimum absolute atomic E-state index is 0.00602. The summed E-state index contributed by atoms with van der Waals surface area (Å²) in [5.74, 6) is 0. The van der Waals surface area contributed by atoms with Crippen LogP contribution >= 0.6 is 24.0 Å². The first kappa shape index (κ1) is 17.7. The number of nitro benzene ring substituents is 1. The largest absolute Gasteiger partial charge is 0.445 e. The monoisotopic (exact) mass is 379 g/mol. The number of carbonyl (C=O) groups is 1. The SMILES string of the molecule is Cc1nc(C2CC(S)CN2C(=O)OCc2ccc([N+](=O)[O-])cc2)cs1. The first-order chi connectivity index (χ1) is 11.9. The Labute approximate surface area is 154 Å². The van der Waals surface area contributed by atoms with Crippen LogP contribution in [0.25, 0.3) is 0 Å². The highest BCUT2D eigenvalue weighted by atomic mass is 32.1. The van der Waals surface area contributed by atoms with Gasteiger partial charge in [0.1, 0.15) is 6.61 Å². The van der Waals surface area contributed by atoms with Crippen LogP contribution in [-0.4, -0.2) is 32.7 Å². The molecule has 0 N–H and O–H groups in total. The van der Waals surface area contributed by atoms with E-state index in [2.05, 4.69) is 17.6 Å². The second-order valence-electron chi connectivity index (χ2n) is 5.83. The summed E-state index contributed by atoms with van der Waals surface area (Å²) in [6, 6.07) is 5.82. The normalized spacial score (nSPS) is 19.8. The van der Waals surface area contributed by atoms with Crippen LogP contribution < -0.4 is 0 Å². The van der Waals surface area contributed by atoms with Crippen LogP contribution in [0.3, 0.4) is 0 Å². The standard InChI is InChI=1S/C16H17N3O4S2/c1-10-17-14(9-25-10)15-6-13(24)7-18(15)16(20)23-8-11-2-4-12(5-3-11)19(21)22/h2-5,9,13,15,24H,6-8H2,1H3. The van der Waals surface area contributed by atoms with Gasteiger partial charge in [0.25, 0.3) is 5.69 Å². The quantitative estimate of drug-likeness (QED) is 0.497. The summed E-state index contributed by atoms with van der Waals surface area (Å²) in [6.07, 6.45) is 0.310. The van der Waals surface area contributed by atoms with Crippen LogP contribution in [-0.2, 0) is 11.3 Å². The summed E-state index contributed by atoms with van der Waals surface area (Å²) in [5.41, 5.74) is 1.57. The number of aryl methyl sites for hydroxylation is 1. The van der Waals surface area contributed by atoms with Crippen molar-refractivity contribution in [3.8, 4) is 0 Å². The minimum atomic E-state index is -0.465. The van der Waals surface area contributed by atoms with Crippen molar-refractivity contribution in [2.45, 2.75) is 31.2 Å². The van der Waals surface area contributed by atoms with E-state index in [4.69, 9.17) is 4.74 Å². The molecule has 1 aromatic heterocycles. The molecule has 7 nitrogen and oxygen atoms in total. The molecule has 1 aliphatic heterocycles. The zero-order valence-electron chi connectivity index (χ0n) is 13.5. The number of carbonyl (C=O) groups excluding carboxylic acids is 1. The highest BCUT2D eigenvalue weighted by molar-refractivity contribution is 7.81. The lowest BCUT2D eigenvalue weighted by atomic mass is 10.2. The molecule has 2 heterocycles. The lowest BCUT2D eigenvalue weighted by molar-refractivity contribution is -0.384. The van der Waals surface area contributed by atoms with E-state index in [1.807, 2.05) is 12.3 Å². The molecule has 1 amide bonds. The van der Waals surface area contributed by atoms with Crippen LogP contribution in [0.1, 0.15) is 28.7 Å². The Balaban J connectivity index is 1.64. The fraction of sp³-hybridized carbons (Fsp3) is 0.375. The molecule has 1 aliphatic rings. The Morgan fingerprint density at radius 1 is 1.48 bits per heavy atom. The molecule has 2 unspecified atom stereocenters. The number of thiazole rings is 1. The minimum Gasteiger partial charge on any atom is -0.445 e. The number of hydrogen-bond acceptors (Lipinski definition) is 7. The zero-order chi connectivity index (χ0) is 18.0. The van der Waals surface area contributed by atoms with Gasteiger partial charge in [-0.15, -0.1) is 11.3 Å². The molecule has 1 saturated heterocycles. The molecule has 0 radical (unpaired) electrons. The third kappa shape index (κ3) is 4.10. The molecule has 2 atom stereocenters. The molecule has 3 rings (SSSR count). The summed E-state index contributed by atoms with van der Waals surface area (Å²) < 4.78 is 5.38. The average molecular weight is 379 g/mol. The van der Waals surface area contributed by atoms with Crippen LogP contribution in [0.2, 0.25) is 0 Å². The van der Waals surface area contributed by atoms with Crippen molar-refractivity contribution in [2.24, 2.45) is 0 Å². The van der Waals surface area contributed by atoms with Gasteiger partial charge in [-0.3, -0.25) is 15.0 Å². The fourth-order valence-corrected chi connectivity index (χ4v) is 3.81. The Hall–Kier alpha value is -2.13. The number of non-ortho nitro benzene ring substituents is 1. The Kier molecular flexibility index (Phi) is 5.24. The van der Waals surface area contributed by atoms with Gasteiger partial charge in [-0.1, -0.05) is 0 Å². The molecule has 132 valence electrons. The predicted octanol–water partition coefficient (Wildman–Crippen LogP) is 3.74. The maximum absolute atomic E-state index is 12.5. The van der Waals surface area contributed by atoms with E-state index in [0.29, 0.717) is 12.1 Å². The highest BCUT2D eigenvalue weighted by Gasteiger charge is 2.36. The summed E-state index contributed by atoms with van der Waals surface area (Å²) >= 11 is 6.04. The number of amides is 1. The van der Waals surface area contributed by atoms with E-state index in [1.165, 1.54) is 12.1 Å². The first-order valence-corrected chi connectivity index (χ1v) is 9.10. The number of rotatable bonds is 4. The van der Waals surface area contributed by atoms with Crippen LogP contribution in [0.5, 0.6) is 0 Å². The summed E-state index contributed by atoms with van der Waals surface area (Å²) in [5, 5.41) is 13.7. The predicted molar refractivity (Wildman–Crippen MR) is 97.0 cm³/mol. The van der Waals surface area contributed by atoms with Crippen molar-refractivity contribution < 1.29 is 14.5 Å². The number of aromatic nitrogens is 1. The second-order valence-corrected chi connectivity index (χ2v) is 7.62. The van der Waals surface area contributed by atoms with Crippen molar-refractivity contribution in [1.82, 2.24) is 9.88 Å². The smallest absolute Gasteiger partial charge is 0.410 e. The summed E-state index contributed by atoms with van der Waals surface area (Å²) in [4.78, 5) is 28.8. The summed E-state index contributed by atoms with van der Waals surface area (Å²) in [6.45, 7) is 2.50. The van der Waals surface area contributed by atoms with E-state index in [-0.39, 0.29) is 23.6 Å². The van der Waals surface area contributed by atoms with Crippen LogP contribution in [0.4, 0.5) is 10.5 Å². The molecule has 0 saturated carbocycles. The van der Waals surface area contributed by atoms with Gasteiger partial charge in [0.05, 0.1) is 21.7 Å². The molecule has 0 bridgehead atoms. The van der Waals surface area contributed by atoms with Crippen molar-refractivity contribution in [2.75, 3.05) is 6.54 Å². The fourth-order valence-electron chi connectivity index (χ4n) is 2.77. The van der Waals surface area contributed by atoms with Crippen molar-refractivity contribution in [3.63, 3.8) is 0 Å². The van der Waals surface area contributed by atoms with E-state index >= 15 is 0 Å². The average Bonchev–Trinajstić information content (AvgIpc) is 3.18. The van der Waals surface area contributed by atoms with Gasteiger partial charge in [-0.25, -0.2) is 9.78 Å². The first-order valence-electron chi connectivity index (χ1n) is 7.71. The summed E-state index contributed by atoms with van der Waals surface area (Å²) in [7, 11) is 0. The van der Waals surface area contributed by atoms with E-state index in [9.17, 15) is 14.9 Å². The van der Waals surface area contributed by atoms with Gasteiger partial charge in [0.15, 0.2) is 0 Å². The molecule has 1 fully saturated rings. The molecule has 0 aliphatic carbocycles. The highest BCUT2D eigenvalue weighted by Crippen LogP contribution is 2.35. The molecule has 1 aromatic carbocycles. The zero-order valence-corrected chi connectivity index (χ0v) is 15.2. The topological polar surface area (TPSA) is 85.6 Å². The van der Waals surface area contributed by atoms with Crippen LogP contribution in [0, 0.1) is 17.0 Å². The Bertz CT molecular complexity index is 778. The molecule has 25 heavy (non-hydrogen) atoms. The van der Waals surface area contributed by atoms with Crippen molar-refractivity contribution in [3.05, 3.63) is 56.0 Å². The maximum Gasteiger partial charge on any atom is 0.410 e. The van der Waals surface area contributed by atoms with Gasteiger partial charge < -0.3 is 4.74 Å². The van der Waals surface area contributed by atoms with Gasteiger partial charge in [-0.05, 0) is 31.0 Å².